The molecule has 0 radical (unpaired) electrons. The molecule has 18 heavy (non-hydrogen) atoms. The molecule has 0 spiro atoms. The first kappa shape index (κ1) is 14.5. The van der Waals surface area contributed by atoms with Crippen LogP contribution in [-0.2, 0) is 14.3 Å². The molecule has 6 heteroatoms. The Morgan fingerprint density at radius 2 is 1.94 bits per heavy atom. The monoisotopic (exact) mass is 272 g/mol. The molecule has 1 unspecified atom stereocenters. The molecule has 98 valence electrons. The molecule has 1 atom stereocenters. The molecular formula is C12H13FO4S. The highest BCUT2D eigenvalue weighted by atomic mass is 32.2. The molecule has 1 N–H and O–H groups in total. The summed E-state index contributed by atoms with van der Waals surface area (Å²) in [6.07, 6.45) is 0. The lowest BCUT2D eigenvalue weighted by molar-refractivity contribution is -0.172. The van der Waals surface area contributed by atoms with Gasteiger partial charge in [0.2, 0.25) is 5.60 Å². The Morgan fingerprint density at radius 1 is 1.39 bits per heavy atom. The Hall–Kier alpha value is -1.56. The number of aliphatic carboxylic acids is 1. The molecule has 0 saturated heterocycles. The van der Waals surface area contributed by atoms with E-state index < -0.39 is 17.5 Å². The number of carbonyl (C=O) groups excluding carboxylic acids is 1. The van der Waals surface area contributed by atoms with Gasteiger partial charge in [-0.1, -0.05) is 0 Å². The molecule has 0 fully saturated rings. The van der Waals surface area contributed by atoms with Crippen LogP contribution in [0.5, 0.6) is 0 Å². The van der Waals surface area contributed by atoms with Crippen molar-refractivity contribution in [1.82, 2.24) is 0 Å². The van der Waals surface area contributed by atoms with Crippen LogP contribution in [0.15, 0.2) is 29.2 Å². The molecule has 1 rings (SSSR count). The number of esters is 1. The van der Waals surface area contributed by atoms with Gasteiger partial charge in [0.05, 0.1) is 0 Å². The van der Waals surface area contributed by atoms with Crippen molar-refractivity contribution in [3.63, 3.8) is 0 Å². The molecule has 0 aromatic heterocycles. The second-order valence-electron chi connectivity index (χ2n) is 3.87. The number of carboxylic acid groups (broad SMARTS) is 1. The lowest BCUT2D eigenvalue weighted by atomic mass is 10.1. The van der Waals surface area contributed by atoms with Gasteiger partial charge in [-0.3, -0.25) is 4.79 Å². The van der Waals surface area contributed by atoms with Gasteiger partial charge in [-0.15, -0.1) is 11.8 Å². The van der Waals surface area contributed by atoms with Gasteiger partial charge in [-0.2, -0.15) is 0 Å². The summed E-state index contributed by atoms with van der Waals surface area (Å²) in [4.78, 5) is 22.7. The second-order valence-corrected chi connectivity index (χ2v) is 4.92. The lowest BCUT2D eigenvalue weighted by Crippen LogP contribution is -2.42. The maximum absolute atomic E-state index is 12.7. The van der Waals surface area contributed by atoms with Gasteiger partial charge in [0.1, 0.15) is 5.82 Å². The van der Waals surface area contributed by atoms with Crippen molar-refractivity contribution in [2.24, 2.45) is 0 Å². The van der Waals surface area contributed by atoms with Gasteiger partial charge >= 0.3 is 11.9 Å². The summed E-state index contributed by atoms with van der Waals surface area (Å²) >= 11 is 1.18. The highest BCUT2D eigenvalue weighted by molar-refractivity contribution is 7.99. The minimum atomic E-state index is -1.59. The third-order valence-electron chi connectivity index (χ3n) is 2.15. The molecule has 0 aliphatic heterocycles. The second kappa shape index (κ2) is 5.86. The van der Waals surface area contributed by atoms with Crippen LogP contribution in [0, 0.1) is 5.82 Å². The molecule has 0 saturated carbocycles. The number of ether oxygens (including phenoxy) is 1. The number of thioether (sulfide) groups is 1. The predicted octanol–water partition coefficient (Wildman–Crippen LogP) is 2.32. The fourth-order valence-electron chi connectivity index (χ4n) is 1.20. The highest BCUT2D eigenvalue weighted by Crippen LogP contribution is 2.25. The van der Waals surface area contributed by atoms with Crippen molar-refractivity contribution in [3.8, 4) is 0 Å². The first-order chi connectivity index (χ1) is 8.33. The van der Waals surface area contributed by atoms with E-state index in [1.807, 2.05) is 0 Å². The van der Waals surface area contributed by atoms with Gasteiger partial charge in [0.15, 0.2) is 0 Å². The fourth-order valence-corrected chi connectivity index (χ4v) is 2.16. The Balaban J connectivity index is 2.71. The van der Waals surface area contributed by atoms with Crippen LogP contribution in [-0.4, -0.2) is 28.4 Å². The molecule has 4 nitrogen and oxygen atoms in total. The summed E-state index contributed by atoms with van der Waals surface area (Å²) in [6.45, 7) is 2.48. The number of benzene rings is 1. The molecule has 0 amide bonds. The first-order valence-electron chi connectivity index (χ1n) is 5.15. The number of rotatable bonds is 5. The smallest absolute Gasteiger partial charge is 0.348 e. The first-order valence-corrected chi connectivity index (χ1v) is 6.13. The zero-order chi connectivity index (χ0) is 13.8. The van der Waals surface area contributed by atoms with E-state index in [2.05, 4.69) is 0 Å². The van der Waals surface area contributed by atoms with Crippen LogP contribution in [0.25, 0.3) is 0 Å². The summed E-state index contributed by atoms with van der Waals surface area (Å²) in [7, 11) is 0. The average molecular weight is 272 g/mol. The number of carbonyl (C=O) groups is 2. The number of hydrogen-bond donors (Lipinski definition) is 1. The van der Waals surface area contributed by atoms with Crippen LogP contribution >= 0.6 is 11.8 Å². The SMILES string of the molecule is CC(=O)OC(C)(CSc1ccc(F)cc1)C(=O)O. The maximum Gasteiger partial charge on any atom is 0.348 e. The van der Waals surface area contributed by atoms with Crippen LogP contribution in [0.4, 0.5) is 4.39 Å². The zero-order valence-corrected chi connectivity index (χ0v) is 10.8. The van der Waals surface area contributed by atoms with E-state index in [-0.39, 0.29) is 11.6 Å². The van der Waals surface area contributed by atoms with E-state index in [0.29, 0.717) is 4.90 Å². The van der Waals surface area contributed by atoms with Crippen LogP contribution in [0.1, 0.15) is 13.8 Å². The summed E-state index contributed by atoms with van der Waals surface area (Å²) in [5.41, 5.74) is -1.59. The van der Waals surface area contributed by atoms with E-state index >= 15 is 0 Å². The van der Waals surface area contributed by atoms with Crippen molar-refractivity contribution >= 4 is 23.7 Å². The molecule has 0 aliphatic carbocycles. The minimum absolute atomic E-state index is 0.0492. The molecule has 0 heterocycles. The quantitative estimate of drug-likeness (QED) is 0.658. The van der Waals surface area contributed by atoms with Gasteiger partial charge in [-0.05, 0) is 31.2 Å². The van der Waals surface area contributed by atoms with E-state index in [1.54, 1.807) is 0 Å². The normalized spacial score (nSPS) is 13.7. The van der Waals surface area contributed by atoms with E-state index in [4.69, 9.17) is 9.84 Å². The highest BCUT2D eigenvalue weighted by Gasteiger charge is 2.36. The topological polar surface area (TPSA) is 63.6 Å². The van der Waals surface area contributed by atoms with Gasteiger partial charge in [0, 0.05) is 17.6 Å². The van der Waals surface area contributed by atoms with Crippen molar-refractivity contribution < 1.29 is 23.8 Å². The van der Waals surface area contributed by atoms with E-state index in [9.17, 15) is 14.0 Å². The fraction of sp³-hybridized carbons (Fsp3) is 0.333. The Morgan fingerprint density at radius 3 is 2.39 bits per heavy atom. The Kier molecular flexibility index (Phi) is 4.72. The standard InChI is InChI=1S/C12H13FO4S/c1-8(14)17-12(2,11(15)16)7-18-10-5-3-9(13)4-6-10/h3-6H,7H2,1-2H3,(H,15,16). The van der Waals surface area contributed by atoms with Gasteiger partial charge < -0.3 is 9.84 Å². The van der Waals surface area contributed by atoms with Crippen molar-refractivity contribution in [2.75, 3.05) is 5.75 Å². The van der Waals surface area contributed by atoms with Crippen molar-refractivity contribution in [2.45, 2.75) is 24.3 Å². The molecule has 1 aromatic rings. The molecule has 1 aromatic carbocycles. The Labute approximate surface area is 108 Å². The lowest BCUT2D eigenvalue weighted by Gasteiger charge is -2.23. The molecule has 0 aliphatic rings. The number of halogens is 1. The number of hydrogen-bond acceptors (Lipinski definition) is 4. The average Bonchev–Trinajstić information content (AvgIpc) is 2.27. The predicted molar refractivity (Wildman–Crippen MR) is 64.9 cm³/mol. The third-order valence-corrected chi connectivity index (χ3v) is 3.45. The van der Waals surface area contributed by atoms with Crippen molar-refractivity contribution in [3.05, 3.63) is 30.1 Å². The zero-order valence-electron chi connectivity index (χ0n) is 9.97. The third kappa shape index (κ3) is 4.03. The summed E-state index contributed by atoms with van der Waals surface area (Å²) in [5.74, 6) is -2.18. The van der Waals surface area contributed by atoms with Gasteiger partial charge in [-0.25, -0.2) is 9.18 Å². The Bertz CT molecular complexity index is 446. The van der Waals surface area contributed by atoms with Gasteiger partial charge in [0.25, 0.3) is 0 Å². The molecule has 0 bridgehead atoms. The number of carboxylic acids is 1. The van der Waals surface area contributed by atoms with E-state index in [1.165, 1.54) is 43.0 Å². The van der Waals surface area contributed by atoms with Crippen molar-refractivity contribution in [1.29, 1.82) is 0 Å². The maximum atomic E-state index is 12.7. The van der Waals surface area contributed by atoms with Crippen LogP contribution in [0.2, 0.25) is 0 Å². The summed E-state index contributed by atoms with van der Waals surface area (Å²) in [6, 6.07) is 5.64. The van der Waals surface area contributed by atoms with E-state index in [0.717, 1.165) is 6.92 Å². The van der Waals surface area contributed by atoms with Crippen LogP contribution < -0.4 is 0 Å². The summed E-state index contributed by atoms with van der Waals surface area (Å²) in [5, 5.41) is 9.05. The van der Waals surface area contributed by atoms with Crippen LogP contribution in [0.3, 0.4) is 0 Å². The molecular weight excluding hydrogens is 259 g/mol. The summed E-state index contributed by atoms with van der Waals surface area (Å²) < 4.78 is 17.5. The minimum Gasteiger partial charge on any atom is -0.478 e. The largest absolute Gasteiger partial charge is 0.478 e.